The Morgan fingerprint density at radius 2 is 2.26 bits per heavy atom. The molecule has 0 atom stereocenters. The van der Waals surface area contributed by atoms with Gasteiger partial charge in [-0.1, -0.05) is 0 Å². The minimum atomic E-state index is -0.276. The smallest absolute Gasteiger partial charge is 0.409 e. The van der Waals surface area contributed by atoms with Crippen molar-refractivity contribution in [2.75, 3.05) is 19.7 Å². The van der Waals surface area contributed by atoms with E-state index in [0.717, 1.165) is 12.8 Å². The van der Waals surface area contributed by atoms with E-state index in [9.17, 15) is 9.59 Å². The minimum absolute atomic E-state index is 0.0908. The number of aromatic amines is 1. The van der Waals surface area contributed by atoms with Crippen LogP contribution in [0.3, 0.4) is 0 Å². The summed E-state index contributed by atoms with van der Waals surface area (Å²) in [5.74, 6) is -0.136. The third-order valence-electron chi connectivity index (χ3n) is 3.12. The van der Waals surface area contributed by atoms with Gasteiger partial charge in [0.1, 0.15) is 0 Å². The van der Waals surface area contributed by atoms with Crippen molar-refractivity contribution in [2.24, 2.45) is 0 Å². The summed E-state index contributed by atoms with van der Waals surface area (Å²) < 4.78 is 4.94. The quantitative estimate of drug-likeness (QED) is 0.845. The molecular weight excluding hydrogens is 248 g/mol. The Morgan fingerprint density at radius 1 is 1.53 bits per heavy atom. The van der Waals surface area contributed by atoms with Crippen LogP contribution in [0.4, 0.5) is 4.79 Å². The van der Waals surface area contributed by atoms with E-state index in [1.165, 1.54) is 6.20 Å². The van der Waals surface area contributed by atoms with Crippen molar-refractivity contribution in [3.05, 3.63) is 18.0 Å². The number of carbonyl (C=O) groups is 2. The SMILES string of the molecule is CCOC(=O)N1CCC(NC(=O)c2cn[nH]c2)CC1. The zero-order chi connectivity index (χ0) is 13.7. The molecule has 1 fully saturated rings. The Labute approximate surface area is 111 Å². The van der Waals surface area contributed by atoms with E-state index in [-0.39, 0.29) is 18.0 Å². The van der Waals surface area contributed by atoms with Gasteiger partial charge in [-0.05, 0) is 19.8 Å². The van der Waals surface area contributed by atoms with Crippen LogP contribution in [-0.2, 0) is 4.74 Å². The fourth-order valence-corrected chi connectivity index (χ4v) is 2.06. The summed E-state index contributed by atoms with van der Waals surface area (Å²) >= 11 is 0. The van der Waals surface area contributed by atoms with Crippen LogP contribution < -0.4 is 5.32 Å². The monoisotopic (exact) mass is 266 g/mol. The molecule has 2 amide bonds. The van der Waals surface area contributed by atoms with Crippen molar-refractivity contribution >= 4 is 12.0 Å². The summed E-state index contributed by atoms with van der Waals surface area (Å²) in [6.45, 7) is 3.39. The molecule has 2 N–H and O–H groups in total. The van der Waals surface area contributed by atoms with Gasteiger partial charge in [0.25, 0.3) is 5.91 Å². The van der Waals surface area contributed by atoms with Gasteiger partial charge in [-0.15, -0.1) is 0 Å². The lowest BCUT2D eigenvalue weighted by atomic mass is 10.1. The van der Waals surface area contributed by atoms with Crippen molar-refractivity contribution in [3.63, 3.8) is 0 Å². The van der Waals surface area contributed by atoms with Crippen LogP contribution in [0.25, 0.3) is 0 Å². The van der Waals surface area contributed by atoms with Crippen LogP contribution in [0.2, 0.25) is 0 Å². The molecule has 7 nitrogen and oxygen atoms in total. The van der Waals surface area contributed by atoms with Crippen molar-refractivity contribution in [1.82, 2.24) is 20.4 Å². The van der Waals surface area contributed by atoms with Crippen LogP contribution >= 0.6 is 0 Å². The second kappa shape index (κ2) is 6.21. The lowest BCUT2D eigenvalue weighted by Crippen LogP contribution is -2.46. The topological polar surface area (TPSA) is 87.3 Å². The molecule has 0 saturated carbocycles. The van der Waals surface area contributed by atoms with Gasteiger partial charge in [0, 0.05) is 25.3 Å². The van der Waals surface area contributed by atoms with E-state index in [1.54, 1.807) is 18.0 Å². The van der Waals surface area contributed by atoms with Gasteiger partial charge in [-0.25, -0.2) is 4.79 Å². The number of H-pyrrole nitrogens is 1. The molecule has 2 rings (SSSR count). The molecule has 0 aromatic carbocycles. The Balaban J connectivity index is 1.77. The molecule has 0 bridgehead atoms. The predicted molar refractivity (Wildman–Crippen MR) is 67.7 cm³/mol. The summed E-state index contributed by atoms with van der Waals surface area (Å²) in [5.41, 5.74) is 0.521. The van der Waals surface area contributed by atoms with Crippen LogP contribution in [0, 0.1) is 0 Å². The van der Waals surface area contributed by atoms with Gasteiger partial charge in [-0.2, -0.15) is 5.10 Å². The molecule has 1 saturated heterocycles. The number of nitrogens with one attached hydrogen (secondary N) is 2. The Kier molecular flexibility index (Phi) is 4.38. The highest BCUT2D eigenvalue weighted by atomic mass is 16.6. The molecule has 0 radical (unpaired) electrons. The van der Waals surface area contributed by atoms with Gasteiger partial charge in [-0.3, -0.25) is 9.89 Å². The fraction of sp³-hybridized carbons (Fsp3) is 0.583. The number of rotatable bonds is 3. The van der Waals surface area contributed by atoms with Gasteiger partial charge >= 0.3 is 6.09 Å². The van der Waals surface area contributed by atoms with Crippen molar-refractivity contribution in [2.45, 2.75) is 25.8 Å². The number of amides is 2. The maximum Gasteiger partial charge on any atom is 0.409 e. The summed E-state index contributed by atoms with van der Waals surface area (Å²) in [4.78, 5) is 25.0. The first-order valence-corrected chi connectivity index (χ1v) is 6.42. The summed E-state index contributed by atoms with van der Waals surface area (Å²) in [7, 11) is 0. The maximum atomic E-state index is 11.8. The van der Waals surface area contributed by atoms with Gasteiger partial charge in [0.2, 0.25) is 0 Å². The van der Waals surface area contributed by atoms with E-state index >= 15 is 0 Å². The van der Waals surface area contributed by atoms with Crippen molar-refractivity contribution in [3.8, 4) is 0 Å². The number of likely N-dealkylation sites (tertiary alicyclic amines) is 1. The van der Waals surface area contributed by atoms with Gasteiger partial charge in [0.05, 0.1) is 18.4 Å². The summed E-state index contributed by atoms with van der Waals surface area (Å²) in [5, 5.41) is 9.28. The number of piperidine rings is 1. The minimum Gasteiger partial charge on any atom is -0.450 e. The number of ether oxygens (including phenoxy) is 1. The van der Waals surface area contributed by atoms with Gasteiger partial charge in [0.15, 0.2) is 0 Å². The Bertz CT molecular complexity index is 424. The van der Waals surface area contributed by atoms with Crippen LogP contribution in [-0.4, -0.2) is 52.8 Å². The third-order valence-corrected chi connectivity index (χ3v) is 3.12. The number of aromatic nitrogens is 2. The molecule has 0 unspecified atom stereocenters. The largest absolute Gasteiger partial charge is 0.450 e. The van der Waals surface area contributed by atoms with Crippen molar-refractivity contribution in [1.29, 1.82) is 0 Å². The van der Waals surface area contributed by atoms with E-state index in [0.29, 0.717) is 25.3 Å². The molecule has 1 aliphatic heterocycles. The normalized spacial score (nSPS) is 16.2. The molecule has 1 aromatic heterocycles. The van der Waals surface area contributed by atoms with Crippen LogP contribution in [0.15, 0.2) is 12.4 Å². The Morgan fingerprint density at radius 3 is 2.84 bits per heavy atom. The maximum absolute atomic E-state index is 11.8. The summed E-state index contributed by atoms with van der Waals surface area (Å²) in [6, 6.07) is 0.0908. The van der Waals surface area contributed by atoms with Crippen LogP contribution in [0.5, 0.6) is 0 Å². The Hall–Kier alpha value is -2.05. The molecule has 7 heteroatoms. The predicted octanol–water partition coefficient (Wildman–Crippen LogP) is 0.760. The van der Waals surface area contributed by atoms with Gasteiger partial charge < -0.3 is 15.0 Å². The highest BCUT2D eigenvalue weighted by Gasteiger charge is 2.24. The first-order chi connectivity index (χ1) is 9.20. The zero-order valence-electron chi connectivity index (χ0n) is 10.9. The molecule has 19 heavy (non-hydrogen) atoms. The standard InChI is InChI=1S/C12H18N4O3/c1-2-19-12(18)16-5-3-10(4-6-16)15-11(17)9-7-13-14-8-9/h7-8,10H,2-6H2,1H3,(H,13,14)(H,15,17). The molecule has 1 aromatic rings. The highest BCUT2D eigenvalue weighted by Crippen LogP contribution is 2.12. The average molecular weight is 266 g/mol. The van der Waals surface area contributed by atoms with E-state index in [2.05, 4.69) is 15.5 Å². The zero-order valence-corrected chi connectivity index (χ0v) is 10.9. The number of hydrogen-bond donors (Lipinski definition) is 2. The second-order valence-corrected chi connectivity index (χ2v) is 4.42. The molecule has 1 aliphatic rings. The first kappa shape index (κ1) is 13.4. The average Bonchev–Trinajstić information content (AvgIpc) is 2.94. The number of hydrogen-bond acceptors (Lipinski definition) is 4. The van der Waals surface area contributed by atoms with E-state index < -0.39 is 0 Å². The molecular formula is C12H18N4O3. The fourth-order valence-electron chi connectivity index (χ4n) is 2.06. The molecule has 0 aliphatic carbocycles. The van der Waals surface area contributed by atoms with E-state index in [4.69, 9.17) is 4.74 Å². The third kappa shape index (κ3) is 3.46. The van der Waals surface area contributed by atoms with E-state index in [1.807, 2.05) is 0 Å². The lowest BCUT2D eigenvalue weighted by Gasteiger charge is -2.31. The first-order valence-electron chi connectivity index (χ1n) is 6.42. The molecule has 2 heterocycles. The van der Waals surface area contributed by atoms with Crippen LogP contribution in [0.1, 0.15) is 30.1 Å². The highest BCUT2D eigenvalue weighted by molar-refractivity contribution is 5.93. The number of nitrogens with zero attached hydrogens (tertiary/aromatic N) is 2. The number of carbonyl (C=O) groups excluding carboxylic acids is 2. The summed E-state index contributed by atoms with van der Waals surface area (Å²) in [6.07, 6.45) is 4.25. The van der Waals surface area contributed by atoms with Crippen molar-refractivity contribution < 1.29 is 14.3 Å². The molecule has 104 valence electrons. The second-order valence-electron chi connectivity index (χ2n) is 4.42. The lowest BCUT2D eigenvalue weighted by molar-refractivity contribution is 0.0860. The molecule has 0 spiro atoms.